The first-order valence-corrected chi connectivity index (χ1v) is 6.46. The lowest BCUT2D eigenvalue weighted by Gasteiger charge is -2.13. The number of alkyl halides is 2. The Morgan fingerprint density at radius 2 is 1.86 bits per heavy atom. The lowest BCUT2D eigenvalue weighted by Crippen LogP contribution is -2.37. The van der Waals surface area contributed by atoms with Gasteiger partial charge in [-0.25, -0.2) is 4.79 Å². The molecule has 8 heteroatoms. The number of amides is 1. The molecule has 1 aromatic rings. The highest BCUT2D eigenvalue weighted by atomic mass is 19.3. The minimum atomic E-state index is -2.94. The SMILES string of the molecule is COCCNC(=O)[C@@H](C)OC(=O)c1ccc(OC(F)F)cc1. The van der Waals surface area contributed by atoms with Crippen molar-refractivity contribution in [2.75, 3.05) is 20.3 Å². The number of ether oxygens (including phenoxy) is 3. The molecule has 0 bridgehead atoms. The highest BCUT2D eigenvalue weighted by Gasteiger charge is 2.18. The van der Waals surface area contributed by atoms with Crippen LogP contribution in [-0.2, 0) is 14.3 Å². The van der Waals surface area contributed by atoms with Crippen molar-refractivity contribution in [2.45, 2.75) is 19.6 Å². The fourth-order valence-corrected chi connectivity index (χ4v) is 1.47. The van der Waals surface area contributed by atoms with Gasteiger partial charge < -0.3 is 19.5 Å². The van der Waals surface area contributed by atoms with Crippen LogP contribution in [-0.4, -0.2) is 44.9 Å². The van der Waals surface area contributed by atoms with Gasteiger partial charge >= 0.3 is 12.6 Å². The third-order valence-electron chi connectivity index (χ3n) is 2.57. The molecule has 0 spiro atoms. The van der Waals surface area contributed by atoms with Crippen molar-refractivity contribution in [1.82, 2.24) is 5.32 Å². The normalized spacial score (nSPS) is 11.9. The fourth-order valence-electron chi connectivity index (χ4n) is 1.47. The molecular formula is C14H17F2NO5. The van der Waals surface area contributed by atoms with Crippen LogP contribution in [0, 0.1) is 0 Å². The summed E-state index contributed by atoms with van der Waals surface area (Å²) in [5.41, 5.74) is 0.123. The maximum atomic E-state index is 12.0. The molecule has 0 aromatic heterocycles. The summed E-state index contributed by atoms with van der Waals surface area (Å²) >= 11 is 0. The van der Waals surface area contributed by atoms with Crippen LogP contribution in [0.2, 0.25) is 0 Å². The van der Waals surface area contributed by atoms with Gasteiger partial charge in [-0.05, 0) is 31.2 Å². The van der Waals surface area contributed by atoms with Crippen LogP contribution in [0.25, 0.3) is 0 Å². The first-order chi connectivity index (χ1) is 10.4. The summed E-state index contributed by atoms with van der Waals surface area (Å²) in [7, 11) is 1.50. The summed E-state index contributed by atoms with van der Waals surface area (Å²) in [5, 5.41) is 2.53. The highest BCUT2D eigenvalue weighted by Crippen LogP contribution is 2.15. The Morgan fingerprint density at radius 1 is 1.23 bits per heavy atom. The van der Waals surface area contributed by atoms with Crippen molar-refractivity contribution in [3.63, 3.8) is 0 Å². The Bertz CT molecular complexity index is 493. The van der Waals surface area contributed by atoms with Crippen molar-refractivity contribution in [2.24, 2.45) is 0 Å². The van der Waals surface area contributed by atoms with E-state index in [0.29, 0.717) is 13.2 Å². The molecule has 0 aliphatic heterocycles. The molecule has 0 radical (unpaired) electrons. The number of methoxy groups -OCH3 is 1. The Hall–Kier alpha value is -2.22. The Balaban J connectivity index is 2.51. The lowest BCUT2D eigenvalue weighted by molar-refractivity contribution is -0.129. The minimum Gasteiger partial charge on any atom is -0.449 e. The van der Waals surface area contributed by atoms with Gasteiger partial charge in [-0.2, -0.15) is 8.78 Å². The summed E-state index contributed by atoms with van der Waals surface area (Å²) < 4.78 is 37.9. The van der Waals surface area contributed by atoms with Crippen molar-refractivity contribution < 1.29 is 32.6 Å². The summed E-state index contributed by atoms with van der Waals surface area (Å²) in [6, 6.07) is 4.98. The average molecular weight is 317 g/mol. The second-order valence-corrected chi connectivity index (χ2v) is 4.23. The summed E-state index contributed by atoms with van der Waals surface area (Å²) in [4.78, 5) is 23.4. The van der Waals surface area contributed by atoms with Crippen LogP contribution in [0.4, 0.5) is 8.78 Å². The van der Waals surface area contributed by atoms with Gasteiger partial charge in [0.25, 0.3) is 5.91 Å². The molecule has 0 aliphatic carbocycles. The van der Waals surface area contributed by atoms with Gasteiger partial charge in [0, 0.05) is 13.7 Å². The molecular weight excluding hydrogens is 300 g/mol. The van der Waals surface area contributed by atoms with Crippen LogP contribution >= 0.6 is 0 Å². The third kappa shape index (κ3) is 6.04. The minimum absolute atomic E-state index is 0.0723. The fraction of sp³-hybridized carbons (Fsp3) is 0.429. The second kappa shape index (κ2) is 8.93. The monoisotopic (exact) mass is 317 g/mol. The predicted octanol–water partition coefficient (Wildman–Crippen LogP) is 1.60. The number of hydrogen-bond donors (Lipinski definition) is 1. The number of hydrogen-bond acceptors (Lipinski definition) is 5. The number of halogens is 2. The van der Waals surface area contributed by atoms with Gasteiger partial charge in [-0.1, -0.05) is 0 Å². The molecule has 0 fully saturated rings. The second-order valence-electron chi connectivity index (χ2n) is 4.23. The number of nitrogens with one attached hydrogen (secondary N) is 1. The Morgan fingerprint density at radius 3 is 2.41 bits per heavy atom. The van der Waals surface area contributed by atoms with Gasteiger partial charge in [-0.3, -0.25) is 4.79 Å². The topological polar surface area (TPSA) is 73.9 Å². The quantitative estimate of drug-likeness (QED) is 0.582. The molecule has 1 N–H and O–H groups in total. The number of rotatable bonds is 8. The van der Waals surface area contributed by atoms with E-state index in [9.17, 15) is 18.4 Å². The first-order valence-electron chi connectivity index (χ1n) is 6.46. The lowest BCUT2D eigenvalue weighted by atomic mass is 10.2. The van der Waals surface area contributed by atoms with Crippen molar-refractivity contribution in [3.05, 3.63) is 29.8 Å². The standard InChI is InChI=1S/C14H17F2NO5/c1-9(12(18)17-7-8-20-2)21-13(19)10-3-5-11(6-4-10)22-14(15)16/h3-6,9,14H,7-8H2,1-2H3,(H,17,18)/t9-/m1/s1. The van der Waals surface area contributed by atoms with E-state index in [1.807, 2.05) is 0 Å². The molecule has 0 unspecified atom stereocenters. The number of carbonyl (C=O) groups is 2. The van der Waals surface area contributed by atoms with Crippen LogP contribution in [0.15, 0.2) is 24.3 Å². The summed E-state index contributed by atoms with van der Waals surface area (Å²) in [6.07, 6.45) is -0.985. The number of carbonyl (C=O) groups excluding carboxylic acids is 2. The van der Waals surface area contributed by atoms with Gasteiger partial charge in [0.15, 0.2) is 6.10 Å². The molecule has 122 valence electrons. The van der Waals surface area contributed by atoms with E-state index in [0.717, 1.165) is 0 Å². The van der Waals surface area contributed by atoms with E-state index in [2.05, 4.69) is 10.1 Å². The zero-order valence-electron chi connectivity index (χ0n) is 12.2. The average Bonchev–Trinajstić information content (AvgIpc) is 2.47. The van der Waals surface area contributed by atoms with Crippen molar-refractivity contribution in [3.8, 4) is 5.75 Å². The molecule has 1 amide bonds. The van der Waals surface area contributed by atoms with Gasteiger partial charge in [-0.15, -0.1) is 0 Å². The zero-order chi connectivity index (χ0) is 16.5. The van der Waals surface area contributed by atoms with E-state index < -0.39 is 24.6 Å². The van der Waals surface area contributed by atoms with E-state index in [4.69, 9.17) is 9.47 Å². The molecule has 0 aliphatic rings. The van der Waals surface area contributed by atoms with E-state index >= 15 is 0 Å². The highest BCUT2D eigenvalue weighted by molar-refractivity contribution is 5.92. The summed E-state index contributed by atoms with van der Waals surface area (Å²) in [5.74, 6) is -1.27. The molecule has 0 saturated heterocycles. The van der Waals surface area contributed by atoms with Gasteiger partial charge in [0.2, 0.25) is 0 Å². The van der Waals surface area contributed by atoms with Crippen LogP contribution in [0.3, 0.4) is 0 Å². The maximum Gasteiger partial charge on any atom is 0.387 e. The predicted molar refractivity (Wildman–Crippen MR) is 72.8 cm³/mol. The Labute approximate surface area is 126 Å². The molecule has 1 aromatic carbocycles. The Kier molecular flexibility index (Phi) is 7.24. The van der Waals surface area contributed by atoms with Crippen molar-refractivity contribution in [1.29, 1.82) is 0 Å². The number of benzene rings is 1. The molecule has 6 nitrogen and oxygen atoms in total. The molecule has 1 rings (SSSR count). The smallest absolute Gasteiger partial charge is 0.387 e. The van der Waals surface area contributed by atoms with Gasteiger partial charge in [0.05, 0.1) is 12.2 Å². The first kappa shape index (κ1) is 17.8. The van der Waals surface area contributed by atoms with E-state index in [-0.39, 0.29) is 11.3 Å². The molecule has 0 saturated carbocycles. The molecule has 0 heterocycles. The van der Waals surface area contributed by atoms with E-state index in [1.165, 1.54) is 38.3 Å². The molecule has 1 atom stereocenters. The van der Waals surface area contributed by atoms with Crippen LogP contribution in [0.5, 0.6) is 5.75 Å². The summed E-state index contributed by atoms with van der Waals surface area (Å²) in [6.45, 7) is -0.864. The largest absolute Gasteiger partial charge is 0.449 e. The third-order valence-corrected chi connectivity index (χ3v) is 2.57. The van der Waals surface area contributed by atoms with Crippen molar-refractivity contribution >= 4 is 11.9 Å². The maximum absolute atomic E-state index is 12.0. The van der Waals surface area contributed by atoms with Crippen LogP contribution < -0.4 is 10.1 Å². The van der Waals surface area contributed by atoms with Gasteiger partial charge in [0.1, 0.15) is 5.75 Å². The zero-order valence-corrected chi connectivity index (χ0v) is 12.2. The van der Waals surface area contributed by atoms with E-state index in [1.54, 1.807) is 0 Å². The van der Waals surface area contributed by atoms with Crippen LogP contribution in [0.1, 0.15) is 17.3 Å². The molecule has 22 heavy (non-hydrogen) atoms. The number of esters is 1.